The first-order chi connectivity index (χ1) is 8.59. The summed E-state index contributed by atoms with van der Waals surface area (Å²) in [6, 6.07) is 1.78. The average molecular weight is 255 g/mol. The van der Waals surface area contributed by atoms with Crippen molar-refractivity contribution in [3.63, 3.8) is 0 Å². The molecule has 0 aliphatic carbocycles. The molecule has 0 spiro atoms. The van der Waals surface area contributed by atoms with E-state index in [1.165, 1.54) is 6.33 Å². The minimum atomic E-state index is -1.82. The van der Waals surface area contributed by atoms with Crippen LogP contribution in [0.5, 0.6) is 5.88 Å². The first-order valence-electron chi connectivity index (χ1n) is 5.19. The largest absolute Gasteiger partial charge is 0.473 e. The van der Waals surface area contributed by atoms with E-state index in [0.717, 1.165) is 19.5 Å². The smallest absolute Gasteiger partial charge is 0.414 e. The van der Waals surface area contributed by atoms with Gasteiger partial charge in [-0.3, -0.25) is 0 Å². The van der Waals surface area contributed by atoms with Gasteiger partial charge in [0.15, 0.2) is 0 Å². The van der Waals surface area contributed by atoms with Crippen LogP contribution in [-0.2, 0) is 9.59 Å². The Labute approximate surface area is 103 Å². The van der Waals surface area contributed by atoms with Crippen molar-refractivity contribution >= 4 is 11.9 Å². The number of rotatable bonds is 2. The van der Waals surface area contributed by atoms with Crippen molar-refractivity contribution < 1.29 is 24.5 Å². The highest BCUT2D eigenvalue weighted by Gasteiger charge is 2.15. The van der Waals surface area contributed by atoms with Crippen LogP contribution < -0.4 is 10.1 Å². The number of carbonyl (C=O) groups is 2. The van der Waals surface area contributed by atoms with Crippen molar-refractivity contribution in [2.45, 2.75) is 12.5 Å². The minimum absolute atomic E-state index is 0.278. The molecule has 2 rings (SSSR count). The summed E-state index contributed by atoms with van der Waals surface area (Å²) in [5.74, 6) is -2.98. The molecular weight excluding hydrogens is 242 g/mol. The Morgan fingerprint density at radius 3 is 2.56 bits per heavy atom. The van der Waals surface area contributed by atoms with E-state index >= 15 is 0 Å². The fourth-order valence-corrected chi connectivity index (χ4v) is 1.25. The third kappa shape index (κ3) is 5.21. The normalized spacial score (nSPS) is 17.4. The van der Waals surface area contributed by atoms with E-state index in [-0.39, 0.29) is 6.10 Å². The zero-order chi connectivity index (χ0) is 13.4. The summed E-state index contributed by atoms with van der Waals surface area (Å²) >= 11 is 0. The summed E-state index contributed by atoms with van der Waals surface area (Å²) in [6.07, 6.45) is 4.52. The highest BCUT2D eigenvalue weighted by Crippen LogP contribution is 2.09. The number of nitrogens with zero attached hydrogens (tertiary/aromatic N) is 2. The summed E-state index contributed by atoms with van der Waals surface area (Å²) < 4.78 is 5.56. The molecule has 1 aliphatic rings. The predicted octanol–water partition coefficient (Wildman–Crippen LogP) is -0.627. The highest BCUT2D eigenvalue weighted by molar-refractivity contribution is 6.27. The lowest BCUT2D eigenvalue weighted by atomic mass is 10.3. The molecule has 8 nitrogen and oxygen atoms in total. The number of hydrogen-bond acceptors (Lipinski definition) is 6. The summed E-state index contributed by atoms with van der Waals surface area (Å²) in [6.45, 7) is 1.96. The number of carboxylic acids is 2. The van der Waals surface area contributed by atoms with E-state index in [1.54, 1.807) is 12.3 Å². The summed E-state index contributed by atoms with van der Waals surface area (Å²) in [4.78, 5) is 26.0. The van der Waals surface area contributed by atoms with Crippen LogP contribution in [0.3, 0.4) is 0 Å². The Hall–Kier alpha value is -2.22. The number of carboxylic acid groups (broad SMARTS) is 2. The van der Waals surface area contributed by atoms with Crippen molar-refractivity contribution in [2.24, 2.45) is 0 Å². The first-order valence-corrected chi connectivity index (χ1v) is 5.19. The van der Waals surface area contributed by atoms with Gasteiger partial charge in [0.2, 0.25) is 5.88 Å². The zero-order valence-electron chi connectivity index (χ0n) is 9.44. The maximum atomic E-state index is 9.10. The van der Waals surface area contributed by atoms with Crippen LogP contribution in [0.2, 0.25) is 0 Å². The van der Waals surface area contributed by atoms with Crippen molar-refractivity contribution in [3.05, 3.63) is 18.6 Å². The Morgan fingerprint density at radius 2 is 2.11 bits per heavy atom. The molecule has 0 bridgehead atoms. The molecule has 1 aromatic heterocycles. The van der Waals surface area contributed by atoms with Crippen LogP contribution in [0.4, 0.5) is 0 Å². The molecule has 1 saturated heterocycles. The monoisotopic (exact) mass is 255 g/mol. The molecule has 1 fully saturated rings. The van der Waals surface area contributed by atoms with Crippen LogP contribution in [-0.4, -0.2) is 51.3 Å². The van der Waals surface area contributed by atoms with Gasteiger partial charge >= 0.3 is 11.9 Å². The standard InChI is InChI=1S/C8H11N3O.C2H2O4/c1-3-9-5-7(1)12-8-2-4-10-6-11-8;3-1(4)2(5)6/h2,4,6-7,9H,1,3,5H2;(H,3,4)(H,5,6). The maximum absolute atomic E-state index is 9.10. The van der Waals surface area contributed by atoms with Gasteiger partial charge in [-0.1, -0.05) is 0 Å². The Balaban J connectivity index is 0.000000232. The Kier molecular flexibility index (Phi) is 5.52. The number of hydrogen-bond donors (Lipinski definition) is 3. The summed E-state index contributed by atoms with van der Waals surface area (Å²) in [7, 11) is 0. The van der Waals surface area contributed by atoms with Gasteiger partial charge in [-0.05, 0) is 13.0 Å². The van der Waals surface area contributed by atoms with Gasteiger partial charge in [0.25, 0.3) is 0 Å². The Bertz CT molecular complexity index is 380. The van der Waals surface area contributed by atoms with E-state index in [9.17, 15) is 0 Å². The third-order valence-corrected chi connectivity index (χ3v) is 2.04. The molecule has 1 unspecified atom stereocenters. The topological polar surface area (TPSA) is 122 Å². The average Bonchev–Trinajstić information content (AvgIpc) is 2.84. The second kappa shape index (κ2) is 7.17. The number of nitrogens with one attached hydrogen (secondary N) is 1. The molecule has 2 heterocycles. The highest BCUT2D eigenvalue weighted by atomic mass is 16.5. The number of aliphatic carboxylic acids is 2. The van der Waals surface area contributed by atoms with Crippen LogP contribution in [0.1, 0.15) is 6.42 Å². The van der Waals surface area contributed by atoms with Crippen molar-refractivity contribution in [3.8, 4) is 5.88 Å². The van der Waals surface area contributed by atoms with Gasteiger partial charge in [0.1, 0.15) is 12.4 Å². The van der Waals surface area contributed by atoms with E-state index in [0.29, 0.717) is 5.88 Å². The maximum Gasteiger partial charge on any atom is 0.414 e. The van der Waals surface area contributed by atoms with Gasteiger partial charge < -0.3 is 20.3 Å². The molecule has 3 N–H and O–H groups in total. The third-order valence-electron chi connectivity index (χ3n) is 2.04. The molecule has 0 amide bonds. The first kappa shape index (κ1) is 13.8. The predicted molar refractivity (Wildman–Crippen MR) is 59.2 cm³/mol. The molecule has 8 heteroatoms. The summed E-state index contributed by atoms with van der Waals surface area (Å²) in [5.41, 5.74) is 0. The SMILES string of the molecule is O=C(O)C(=O)O.c1cc(OC2CCNC2)ncn1. The molecule has 0 aromatic carbocycles. The second-order valence-corrected chi connectivity index (χ2v) is 3.39. The number of ether oxygens (including phenoxy) is 1. The lowest BCUT2D eigenvalue weighted by Crippen LogP contribution is -2.19. The van der Waals surface area contributed by atoms with E-state index in [4.69, 9.17) is 24.5 Å². The lowest BCUT2D eigenvalue weighted by molar-refractivity contribution is -0.159. The van der Waals surface area contributed by atoms with E-state index < -0.39 is 11.9 Å². The molecule has 1 aliphatic heterocycles. The molecule has 18 heavy (non-hydrogen) atoms. The van der Waals surface area contributed by atoms with Crippen molar-refractivity contribution in [2.75, 3.05) is 13.1 Å². The van der Waals surface area contributed by atoms with Gasteiger partial charge in [-0.25, -0.2) is 19.6 Å². The lowest BCUT2D eigenvalue weighted by Gasteiger charge is -2.09. The van der Waals surface area contributed by atoms with Crippen LogP contribution in [0.25, 0.3) is 0 Å². The van der Waals surface area contributed by atoms with Gasteiger partial charge in [0, 0.05) is 18.8 Å². The van der Waals surface area contributed by atoms with Crippen LogP contribution in [0, 0.1) is 0 Å². The van der Waals surface area contributed by atoms with Crippen molar-refractivity contribution in [1.82, 2.24) is 15.3 Å². The molecule has 1 aromatic rings. The Morgan fingerprint density at radius 1 is 1.39 bits per heavy atom. The number of aromatic nitrogens is 2. The quantitative estimate of drug-likeness (QED) is 0.597. The van der Waals surface area contributed by atoms with E-state index in [1.807, 2.05) is 0 Å². The molecule has 98 valence electrons. The fraction of sp³-hybridized carbons (Fsp3) is 0.400. The van der Waals surface area contributed by atoms with Gasteiger partial charge in [0.05, 0.1) is 0 Å². The fourth-order valence-electron chi connectivity index (χ4n) is 1.25. The van der Waals surface area contributed by atoms with Crippen molar-refractivity contribution in [1.29, 1.82) is 0 Å². The van der Waals surface area contributed by atoms with Gasteiger partial charge in [-0.2, -0.15) is 0 Å². The van der Waals surface area contributed by atoms with Gasteiger partial charge in [-0.15, -0.1) is 0 Å². The molecular formula is C10H13N3O5. The van der Waals surface area contributed by atoms with E-state index in [2.05, 4.69) is 15.3 Å². The molecule has 1 atom stereocenters. The summed E-state index contributed by atoms with van der Waals surface area (Å²) in [5, 5.41) is 18.0. The van der Waals surface area contributed by atoms with Crippen LogP contribution in [0.15, 0.2) is 18.6 Å². The second-order valence-electron chi connectivity index (χ2n) is 3.39. The zero-order valence-corrected chi connectivity index (χ0v) is 9.44. The van der Waals surface area contributed by atoms with Crippen LogP contribution >= 0.6 is 0 Å². The minimum Gasteiger partial charge on any atom is -0.473 e. The molecule has 0 saturated carbocycles. The molecule has 0 radical (unpaired) electrons.